The number of carbonyl (C=O) groups is 1. The van der Waals surface area contributed by atoms with Gasteiger partial charge in [0, 0.05) is 39.3 Å². The van der Waals surface area contributed by atoms with Crippen molar-refractivity contribution in [3.05, 3.63) is 0 Å². The summed E-state index contributed by atoms with van der Waals surface area (Å²) in [5.41, 5.74) is -0.462. The zero-order valence-electron chi connectivity index (χ0n) is 15.4. The van der Waals surface area contributed by atoms with E-state index in [1.807, 2.05) is 25.7 Å². The smallest absolute Gasteiger partial charge is 0.410 e. The second-order valence-corrected chi connectivity index (χ2v) is 7.42. The van der Waals surface area contributed by atoms with E-state index in [4.69, 9.17) is 9.47 Å². The summed E-state index contributed by atoms with van der Waals surface area (Å²) in [6, 6.07) is 0.323. The number of nitrogens with one attached hydrogen (secondary N) is 2. The molecular formula is C17H32N4O3. The Morgan fingerprint density at radius 3 is 2.58 bits per heavy atom. The van der Waals surface area contributed by atoms with Crippen LogP contribution >= 0.6 is 0 Å². The molecule has 1 aliphatic carbocycles. The Morgan fingerprint density at radius 2 is 2.04 bits per heavy atom. The summed E-state index contributed by atoms with van der Waals surface area (Å²) >= 11 is 0. The van der Waals surface area contributed by atoms with Crippen molar-refractivity contribution in [3.63, 3.8) is 0 Å². The van der Waals surface area contributed by atoms with Gasteiger partial charge in [-0.1, -0.05) is 0 Å². The number of nitrogens with zero attached hydrogens (tertiary/aromatic N) is 2. The highest BCUT2D eigenvalue weighted by Crippen LogP contribution is 2.28. The quantitative estimate of drug-likeness (QED) is 0.569. The molecule has 1 atom stereocenters. The van der Waals surface area contributed by atoms with E-state index in [9.17, 15) is 4.79 Å². The van der Waals surface area contributed by atoms with Crippen LogP contribution in [0.25, 0.3) is 0 Å². The third-order valence-electron chi connectivity index (χ3n) is 4.01. The molecular weight excluding hydrogens is 308 g/mol. The maximum atomic E-state index is 12.3. The first kappa shape index (κ1) is 18.8. The average Bonchev–Trinajstić information content (AvgIpc) is 3.19. The summed E-state index contributed by atoms with van der Waals surface area (Å²) in [4.78, 5) is 18.3. The number of rotatable bonds is 6. The lowest BCUT2D eigenvalue weighted by Crippen LogP contribution is -2.46. The maximum Gasteiger partial charge on any atom is 0.410 e. The van der Waals surface area contributed by atoms with Crippen LogP contribution in [0.3, 0.4) is 0 Å². The summed E-state index contributed by atoms with van der Waals surface area (Å²) in [5.74, 6) is 0.741. The molecule has 1 saturated carbocycles. The fourth-order valence-corrected chi connectivity index (χ4v) is 2.66. The highest BCUT2D eigenvalue weighted by atomic mass is 16.6. The Labute approximate surface area is 145 Å². The second-order valence-electron chi connectivity index (χ2n) is 7.42. The lowest BCUT2D eigenvalue weighted by Gasteiger charge is -2.27. The summed E-state index contributed by atoms with van der Waals surface area (Å²) in [6.07, 6.45) is 4.39. The number of amides is 1. The van der Waals surface area contributed by atoms with Gasteiger partial charge < -0.3 is 25.0 Å². The Bertz CT molecular complexity index is 438. The SMILES string of the molecule is CN=C(NCCN(C(=O)OC(C)(C)C)C1CC1)NCC1CCCO1. The van der Waals surface area contributed by atoms with Crippen molar-refractivity contribution in [2.75, 3.05) is 33.3 Å². The molecule has 7 nitrogen and oxygen atoms in total. The first-order valence-electron chi connectivity index (χ1n) is 8.95. The van der Waals surface area contributed by atoms with Crippen LogP contribution < -0.4 is 10.6 Å². The molecule has 0 bridgehead atoms. The number of guanidine groups is 1. The molecule has 2 aliphatic rings. The average molecular weight is 340 g/mol. The Hall–Kier alpha value is -1.50. The lowest BCUT2D eigenvalue weighted by molar-refractivity contribution is 0.0238. The normalized spacial score (nSPS) is 21.5. The van der Waals surface area contributed by atoms with Gasteiger partial charge in [-0.15, -0.1) is 0 Å². The summed E-state index contributed by atoms with van der Waals surface area (Å²) in [5, 5.41) is 6.53. The first-order chi connectivity index (χ1) is 11.4. The van der Waals surface area contributed by atoms with Crippen molar-refractivity contribution in [1.29, 1.82) is 0 Å². The number of hydrogen-bond donors (Lipinski definition) is 2. The molecule has 1 aliphatic heterocycles. The zero-order valence-corrected chi connectivity index (χ0v) is 15.4. The Morgan fingerprint density at radius 1 is 1.29 bits per heavy atom. The molecule has 0 spiro atoms. The van der Waals surface area contributed by atoms with Crippen molar-refractivity contribution < 1.29 is 14.3 Å². The largest absolute Gasteiger partial charge is 0.444 e. The predicted molar refractivity (Wildman–Crippen MR) is 94.3 cm³/mol. The number of carbonyl (C=O) groups excluding carboxylic acids is 1. The van der Waals surface area contributed by atoms with Crippen molar-refractivity contribution >= 4 is 12.1 Å². The summed E-state index contributed by atoms with van der Waals surface area (Å²) < 4.78 is 11.1. The van der Waals surface area contributed by atoms with E-state index in [1.165, 1.54) is 0 Å². The van der Waals surface area contributed by atoms with Gasteiger partial charge in [0.25, 0.3) is 0 Å². The van der Waals surface area contributed by atoms with Crippen molar-refractivity contribution in [3.8, 4) is 0 Å². The van der Waals surface area contributed by atoms with Gasteiger partial charge in [-0.25, -0.2) is 4.79 Å². The zero-order chi connectivity index (χ0) is 17.6. The monoisotopic (exact) mass is 340 g/mol. The molecule has 2 rings (SSSR count). The molecule has 1 unspecified atom stereocenters. The number of aliphatic imine (C=N–C) groups is 1. The number of hydrogen-bond acceptors (Lipinski definition) is 4. The molecule has 2 N–H and O–H groups in total. The summed E-state index contributed by atoms with van der Waals surface area (Å²) in [6.45, 7) is 8.55. The van der Waals surface area contributed by atoms with Crippen LogP contribution in [-0.4, -0.2) is 68.0 Å². The van der Waals surface area contributed by atoms with Gasteiger partial charge in [0.2, 0.25) is 0 Å². The van der Waals surface area contributed by atoms with Gasteiger partial charge in [0.05, 0.1) is 6.10 Å². The lowest BCUT2D eigenvalue weighted by atomic mass is 10.2. The fraction of sp³-hybridized carbons (Fsp3) is 0.882. The molecule has 1 heterocycles. The van der Waals surface area contributed by atoms with E-state index < -0.39 is 5.60 Å². The maximum absolute atomic E-state index is 12.3. The molecule has 0 radical (unpaired) electrons. The van der Waals surface area contributed by atoms with E-state index in [0.29, 0.717) is 19.1 Å². The molecule has 0 aromatic heterocycles. The second kappa shape index (κ2) is 8.55. The highest BCUT2D eigenvalue weighted by Gasteiger charge is 2.34. The van der Waals surface area contributed by atoms with E-state index in [0.717, 1.165) is 44.8 Å². The predicted octanol–water partition coefficient (Wildman–Crippen LogP) is 1.73. The molecule has 24 heavy (non-hydrogen) atoms. The van der Waals surface area contributed by atoms with E-state index in [2.05, 4.69) is 15.6 Å². The molecule has 138 valence electrons. The minimum atomic E-state index is -0.462. The minimum Gasteiger partial charge on any atom is -0.444 e. The van der Waals surface area contributed by atoms with Crippen LogP contribution in [-0.2, 0) is 9.47 Å². The van der Waals surface area contributed by atoms with Gasteiger partial charge in [-0.3, -0.25) is 4.99 Å². The molecule has 1 amide bonds. The van der Waals surface area contributed by atoms with Crippen LogP contribution in [0.5, 0.6) is 0 Å². The van der Waals surface area contributed by atoms with Gasteiger partial charge in [-0.05, 0) is 46.5 Å². The van der Waals surface area contributed by atoms with E-state index in [-0.39, 0.29) is 12.2 Å². The van der Waals surface area contributed by atoms with Crippen LogP contribution in [0, 0.1) is 0 Å². The van der Waals surface area contributed by atoms with Gasteiger partial charge in [0.1, 0.15) is 5.60 Å². The molecule has 7 heteroatoms. The van der Waals surface area contributed by atoms with Gasteiger partial charge in [0.15, 0.2) is 5.96 Å². The van der Waals surface area contributed by atoms with Gasteiger partial charge >= 0.3 is 6.09 Å². The number of ether oxygens (including phenoxy) is 2. The standard InChI is InChI=1S/C17H32N4O3/c1-17(2,3)24-16(22)21(13-7-8-13)10-9-19-15(18-4)20-12-14-6-5-11-23-14/h13-14H,5-12H2,1-4H3,(H2,18,19,20). The fourth-order valence-electron chi connectivity index (χ4n) is 2.66. The molecule has 2 fully saturated rings. The van der Waals surface area contributed by atoms with Crippen molar-refractivity contribution in [1.82, 2.24) is 15.5 Å². The van der Waals surface area contributed by atoms with Crippen molar-refractivity contribution in [2.24, 2.45) is 4.99 Å². The molecule has 1 saturated heterocycles. The summed E-state index contributed by atoms with van der Waals surface area (Å²) in [7, 11) is 1.75. The van der Waals surface area contributed by atoms with E-state index >= 15 is 0 Å². The van der Waals surface area contributed by atoms with Crippen LogP contribution in [0.15, 0.2) is 4.99 Å². The Kier molecular flexibility index (Phi) is 6.71. The third-order valence-corrected chi connectivity index (χ3v) is 4.01. The van der Waals surface area contributed by atoms with E-state index in [1.54, 1.807) is 7.05 Å². The Balaban J connectivity index is 1.71. The highest BCUT2D eigenvalue weighted by molar-refractivity contribution is 5.79. The van der Waals surface area contributed by atoms with Crippen molar-refractivity contribution in [2.45, 2.75) is 64.2 Å². The van der Waals surface area contributed by atoms with Crippen LogP contribution in [0.4, 0.5) is 4.79 Å². The third kappa shape index (κ3) is 6.55. The topological polar surface area (TPSA) is 75.2 Å². The first-order valence-corrected chi connectivity index (χ1v) is 8.95. The van der Waals surface area contributed by atoms with Gasteiger partial charge in [-0.2, -0.15) is 0 Å². The van der Waals surface area contributed by atoms with Crippen LogP contribution in [0.1, 0.15) is 46.5 Å². The van der Waals surface area contributed by atoms with Crippen LogP contribution in [0.2, 0.25) is 0 Å². The molecule has 0 aromatic carbocycles. The minimum absolute atomic E-state index is 0.228. The molecule has 0 aromatic rings.